The number of benzene rings is 1. The summed E-state index contributed by atoms with van der Waals surface area (Å²) in [7, 11) is 0. The Morgan fingerprint density at radius 1 is 1.35 bits per heavy atom. The monoisotopic (exact) mass is 376 g/mol. The topological polar surface area (TPSA) is 113 Å². The van der Waals surface area contributed by atoms with Gasteiger partial charge in [0.05, 0.1) is 31.5 Å². The number of aliphatic hydroxyl groups is 1. The number of esters is 1. The lowest BCUT2D eigenvalue weighted by Crippen LogP contribution is -2.26. The van der Waals surface area contributed by atoms with E-state index < -0.39 is 0 Å². The van der Waals surface area contributed by atoms with E-state index in [1.165, 1.54) is 11.3 Å². The van der Waals surface area contributed by atoms with Gasteiger partial charge in [-0.1, -0.05) is 12.1 Å². The SMILES string of the molecule is CCOC(=O)Cc1csc(NN=Cc2ccc(C(=O)NCCO)cc2)n1. The van der Waals surface area contributed by atoms with Crippen molar-refractivity contribution >= 4 is 34.6 Å². The molecule has 1 aromatic carbocycles. The van der Waals surface area contributed by atoms with Gasteiger partial charge in [0.2, 0.25) is 5.13 Å². The summed E-state index contributed by atoms with van der Waals surface area (Å²) in [6.07, 6.45) is 1.73. The van der Waals surface area contributed by atoms with Crippen LogP contribution in [0.2, 0.25) is 0 Å². The average molecular weight is 376 g/mol. The van der Waals surface area contributed by atoms with Crippen molar-refractivity contribution in [2.45, 2.75) is 13.3 Å². The molecule has 2 aromatic rings. The molecule has 2 rings (SSSR count). The van der Waals surface area contributed by atoms with Crippen LogP contribution < -0.4 is 10.7 Å². The Bertz CT molecular complexity index is 758. The van der Waals surface area contributed by atoms with Crippen LogP contribution in [0.15, 0.2) is 34.7 Å². The Labute approximate surface area is 154 Å². The zero-order valence-electron chi connectivity index (χ0n) is 14.3. The van der Waals surface area contributed by atoms with E-state index in [2.05, 4.69) is 20.8 Å². The predicted octanol–water partition coefficient (Wildman–Crippen LogP) is 1.42. The number of nitrogens with zero attached hydrogens (tertiary/aromatic N) is 2. The summed E-state index contributed by atoms with van der Waals surface area (Å²) in [6.45, 7) is 2.23. The molecule has 0 spiro atoms. The molecule has 0 saturated heterocycles. The second-order valence-electron chi connectivity index (χ2n) is 5.10. The predicted molar refractivity (Wildman–Crippen MR) is 99.5 cm³/mol. The maximum atomic E-state index is 11.7. The molecule has 0 fully saturated rings. The van der Waals surface area contributed by atoms with Crippen molar-refractivity contribution in [3.05, 3.63) is 46.5 Å². The highest BCUT2D eigenvalue weighted by Crippen LogP contribution is 2.16. The molecular weight excluding hydrogens is 356 g/mol. The third-order valence-electron chi connectivity index (χ3n) is 3.13. The number of anilines is 1. The third kappa shape index (κ3) is 6.26. The van der Waals surface area contributed by atoms with Crippen molar-refractivity contribution in [1.29, 1.82) is 0 Å². The number of aliphatic hydroxyl groups excluding tert-OH is 1. The van der Waals surface area contributed by atoms with Crippen molar-refractivity contribution in [3.63, 3.8) is 0 Å². The Morgan fingerprint density at radius 3 is 2.81 bits per heavy atom. The smallest absolute Gasteiger partial charge is 0.311 e. The number of thiazole rings is 1. The van der Waals surface area contributed by atoms with Crippen LogP contribution in [0.1, 0.15) is 28.5 Å². The van der Waals surface area contributed by atoms with Crippen LogP contribution in [-0.2, 0) is 16.0 Å². The molecule has 0 saturated carbocycles. The van der Waals surface area contributed by atoms with Crippen LogP contribution >= 0.6 is 11.3 Å². The lowest BCUT2D eigenvalue weighted by Gasteiger charge is -2.03. The van der Waals surface area contributed by atoms with E-state index in [0.717, 1.165) is 5.56 Å². The van der Waals surface area contributed by atoms with Crippen LogP contribution in [0.3, 0.4) is 0 Å². The number of rotatable bonds is 9. The standard InChI is InChI=1S/C17H20N4O4S/c1-2-25-15(23)9-14-11-26-17(20-14)21-19-10-12-3-5-13(6-4-12)16(24)18-7-8-22/h3-6,10-11,22H,2,7-9H2,1H3,(H,18,24)(H,20,21). The Balaban J connectivity index is 1.85. The molecule has 8 nitrogen and oxygen atoms in total. The zero-order chi connectivity index (χ0) is 18.8. The zero-order valence-corrected chi connectivity index (χ0v) is 15.1. The fourth-order valence-electron chi connectivity index (χ4n) is 1.95. The largest absolute Gasteiger partial charge is 0.466 e. The fraction of sp³-hybridized carbons (Fsp3) is 0.294. The van der Waals surface area contributed by atoms with Crippen molar-refractivity contribution in [2.24, 2.45) is 5.10 Å². The molecule has 1 amide bonds. The Morgan fingerprint density at radius 2 is 2.12 bits per heavy atom. The fourth-order valence-corrected chi connectivity index (χ4v) is 2.61. The van der Waals surface area contributed by atoms with Crippen LogP contribution in [0.25, 0.3) is 0 Å². The third-order valence-corrected chi connectivity index (χ3v) is 3.92. The Hall–Kier alpha value is -2.78. The van der Waals surface area contributed by atoms with E-state index >= 15 is 0 Å². The van der Waals surface area contributed by atoms with Gasteiger partial charge in [0.15, 0.2) is 0 Å². The quantitative estimate of drug-likeness (QED) is 0.347. The van der Waals surface area contributed by atoms with Gasteiger partial charge in [-0.15, -0.1) is 11.3 Å². The Kier molecular flexibility index (Phi) is 7.72. The van der Waals surface area contributed by atoms with Gasteiger partial charge in [-0.2, -0.15) is 5.10 Å². The summed E-state index contributed by atoms with van der Waals surface area (Å²) in [4.78, 5) is 27.4. The maximum absolute atomic E-state index is 11.7. The normalized spacial score (nSPS) is 10.7. The van der Waals surface area contributed by atoms with E-state index in [-0.39, 0.29) is 31.4 Å². The van der Waals surface area contributed by atoms with Crippen LogP contribution in [0, 0.1) is 0 Å². The average Bonchev–Trinajstić information content (AvgIpc) is 3.07. The number of nitrogens with one attached hydrogen (secondary N) is 2. The number of carbonyl (C=O) groups excluding carboxylic acids is 2. The minimum atomic E-state index is -0.309. The van der Waals surface area contributed by atoms with E-state index in [1.807, 2.05) is 0 Å². The lowest BCUT2D eigenvalue weighted by atomic mass is 10.1. The number of hydrogen-bond donors (Lipinski definition) is 3. The summed E-state index contributed by atoms with van der Waals surface area (Å²) in [5, 5.41) is 17.7. The molecule has 0 atom stereocenters. The number of hydrazone groups is 1. The van der Waals surface area contributed by atoms with Crippen molar-refractivity contribution in [3.8, 4) is 0 Å². The molecule has 0 radical (unpaired) electrons. The maximum Gasteiger partial charge on any atom is 0.311 e. The first-order chi connectivity index (χ1) is 12.6. The molecule has 0 aliphatic carbocycles. The number of amides is 1. The number of ether oxygens (including phenoxy) is 1. The second-order valence-corrected chi connectivity index (χ2v) is 5.96. The van der Waals surface area contributed by atoms with Gasteiger partial charge in [0.25, 0.3) is 5.91 Å². The molecule has 0 aliphatic heterocycles. The van der Waals surface area contributed by atoms with Crippen molar-refractivity contribution in [2.75, 3.05) is 25.2 Å². The van der Waals surface area contributed by atoms with Gasteiger partial charge in [-0.25, -0.2) is 4.98 Å². The van der Waals surface area contributed by atoms with Gasteiger partial charge >= 0.3 is 5.97 Å². The summed E-state index contributed by atoms with van der Waals surface area (Å²) in [5.41, 5.74) is 4.74. The summed E-state index contributed by atoms with van der Waals surface area (Å²) < 4.78 is 4.88. The van der Waals surface area contributed by atoms with Crippen LogP contribution in [0.5, 0.6) is 0 Å². The van der Waals surface area contributed by atoms with Crippen LogP contribution in [0.4, 0.5) is 5.13 Å². The highest BCUT2D eigenvalue weighted by Gasteiger charge is 2.08. The van der Waals surface area contributed by atoms with E-state index in [0.29, 0.717) is 23.0 Å². The lowest BCUT2D eigenvalue weighted by molar-refractivity contribution is -0.142. The highest BCUT2D eigenvalue weighted by molar-refractivity contribution is 7.13. The van der Waals surface area contributed by atoms with E-state index in [1.54, 1.807) is 42.8 Å². The van der Waals surface area contributed by atoms with Crippen molar-refractivity contribution in [1.82, 2.24) is 10.3 Å². The first kappa shape index (κ1) is 19.5. The molecule has 1 heterocycles. The van der Waals surface area contributed by atoms with Gasteiger partial charge in [-0.3, -0.25) is 15.0 Å². The van der Waals surface area contributed by atoms with Gasteiger partial charge in [-0.05, 0) is 24.6 Å². The van der Waals surface area contributed by atoms with E-state index in [4.69, 9.17) is 9.84 Å². The van der Waals surface area contributed by atoms with Gasteiger partial charge < -0.3 is 15.2 Å². The van der Waals surface area contributed by atoms with Crippen LogP contribution in [-0.4, -0.2) is 47.9 Å². The second kappa shape index (κ2) is 10.3. The number of hydrogen-bond acceptors (Lipinski definition) is 8. The van der Waals surface area contributed by atoms with E-state index in [9.17, 15) is 9.59 Å². The highest BCUT2D eigenvalue weighted by atomic mass is 32.1. The summed E-state index contributed by atoms with van der Waals surface area (Å²) in [6, 6.07) is 6.87. The summed E-state index contributed by atoms with van der Waals surface area (Å²) >= 11 is 1.34. The number of aromatic nitrogens is 1. The van der Waals surface area contributed by atoms with Gasteiger partial charge in [0, 0.05) is 17.5 Å². The molecule has 138 valence electrons. The molecule has 26 heavy (non-hydrogen) atoms. The molecule has 3 N–H and O–H groups in total. The molecule has 0 unspecified atom stereocenters. The first-order valence-electron chi connectivity index (χ1n) is 8.00. The molecule has 0 bridgehead atoms. The van der Waals surface area contributed by atoms with Gasteiger partial charge in [0.1, 0.15) is 0 Å². The summed E-state index contributed by atoms with van der Waals surface area (Å²) in [5.74, 6) is -0.548. The van der Waals surface area contributed by atoms with Crippen molar-refractivity contribution < 1.29 is 19.4 Å². The minimum absolute atomic E-state index is 0.0968. The molecule has 1 aromatic heterocycles. The molecule has 0 aliphatic rings. The molecular formula is C17H20N4O4S. The molecule has 9 heteroatoms. The number of carbonyl (C=O) groups is 2. The first-order valence-corrected chi connectivity index (χ1v) is 8.88. The minimum Gasteiger partial charge on any atom is -0.466 e.